The van der Waals surface area contributed by atoms with Crippen molar-refractivity contribution in [3.63, 3.8) is 0 Å². The molecular formula is C43H59FN6O5Si-. The van der Waals surface area contributed by atoms with Crippen molar-refractivity contribution >= 4 is 41.9 Å². The number of para-hydroxylation sites is 1. The average Bonchev–Trinajstić information content (AvgIpc) is 3.61. The number of aryl methyl sites for hydroxylation is 2. The molecule has 0 aliphatic carbocycles. The molecule has 13 heteroatoms. The molecule has 7 rings (SSSR count). The highest BCUT2D eigenvalue weighted by molar-refractivity contribution is 6.76. The number of rotatable bonds is 12. The van der Waals surface area contributed by atoms with Gasteiger partial charge in [0.15, 0.2) is 6.10 Å². The van der Waals surface area contributed by atoms with Gasteiger partial charge < -0.3 is 29.2 Å². The van der Waals surface area contributed by atoms with Gasteiger partial charge in [-0.15, -0.1) is 14.1 Å². The number of halogens is 1. The molecule has 3 fully saturated rings. The van der Waals surface area contributed by atoms with E-state index in [0.29, 0.717) is 75.6 Å². The molecule has 1 N–H and O–H groups in total. The largest absolute Gasteiger partial charge is 0.436 e. The van der Waals surface area contributed by atoms with Gasteiger partial charge in [0.2, 0.25) is 0 Å². The van der Waals surface area contributed by atoms with Crippen molar-refractivity contribution in [1.82, 2.24) is 29.5 Å². The molecule has 3 aliphatic rings. The molecule has 0 spiro atoms. The number of carbonyl (C=O) groups excluding carboxylic acids is 2. The summed E-state index contributed by atoms with van der Waals surface area (Å²) in [5.74, 6) is -0.658. The van der Waals surface area contributed by atoms with E-state index in [-0.39, 0.29) is 22.9 Å². The van der Waals surface area contributed by atoms with Crippen LogP contribution in [0.3, 0.4) is 0 Å². The number of H-pyrrole nitrogens is 1. The van der Waals surface area contributed by atoms with Gasteiger partial charge in [-0.3, -0.25) is 9.59 Å². The first kappa shape index (κ1) is 40.1. The second-order valence-corrected chi connectivity index (χ2v) is 23.1. The molecule has 5 heterocycles. The predicted octanol–water partition coefficient (Wildman–Crippen LogP) is 7.43. The molecule has 4 aromatic rings. The van der Waals surface area contributed by atoms with Crippen LogP contribution in [0.2, 0.25) is 25.7 Å². The minimum Gasteiger partial charge on any atom is -0.436 e. The van der Waals surface area contributed by atoms with E-state index in [1.54, 1.807) is 23.1 Å². The molecule has 0 saturated carbocycles. The zero-order chi connectivity index (χ0) is 39.4. The van der Waals surface area contributed by atoms with Gasteiger partial charge in [0, 0.05) is 61.4 Å². The Kier molecular flexibility index (Phi) is 12.6. The van der Waals surface area contributed by atoms with Crippen LogP contribution in [0.5, 0.6) is 0 Å². The zero-order valence-electron chi connectivity index (χ0n) is 33.7. The van der Waals surface area contributed by atoms with Gasteiger partial charge in [-0.25, -0.2) is 13.9 Å². The molecule has 0 unspecified atom stereocenters. The molecule has 2 aromatic carbocycles. The van der Waals surface area contributed by atoms with E-state index in [9.17, 15) is 18.8 Å². The SMILES string of the molecule is Cc1cc(CC[C@@H](OC(=O)N2CCC(c3cc4cccc(F)c4[nH]c3=O)CC2)C(=O)N2CCC(N3CCCCC3)CC2)cc2cn(COCC[Si-](C)(C)C)nc12. The maximum atomic E-state index is 14.3. The summed E-state index contributed by atoms with van der Waals surface area (Å²) >= 11 is 0. The number of carbonyl (C=O) groups is 2. The van der Waals surface area contributed by atoms with E-state index in [0.717, 1.165) is 60.6 Å². The molecule has 303 valence electrons. The number of hydrogen-bond acceptors (Lipinski definition) is 7. The lowest BCUT2D eigenvalue weighted by molar-refractivity contribution is -0.143. The van der Waals surface area contributed by atoms with Crippen LogP contribution in [-0.2, 0) is 27.4 Å². The second-order valence-electron chi connectivity index (χ2n) is 17.5. The number of likely N-dealkylation sites (tertiary alicyclic amines) is 3. The zero-order valence-corrected chi connectivity index (χ0v) is 34.7. The quantitative estimate of drug-likeness (QED) is 0.117. The van der Waals surface area contributed by atoms with E-state index >= 15 is 0 Å². The van der Waals surface area contributed by atoms with Crippen LogP contribution in [0.4, 0.5) is 9.18 Å². The van der Waals surface area contributed by atoms with Gasteiger partial charge in [-0.2, -0.15) is 24.7 Å². The number of aromatic nitrogens is 3. The first-order chi connectivity index (χ1) is 26.9. The van der Waals surface area contributed by atoms with Crippen LogP contribution in [-0.4, -0.2) is 108 Å². The van der Waals surface area contributed by atoms with Crippen molar-refractivity contribution < 1.29 is 23.5 Å². The molecule has 2 amide bonds. The lowest BCUT2D eigenvalue weighted by Crippen LogP contribution is -2.51. The number of amides is 2. The smallest absolute Gasteiger partial charge is 0.410 e. The maximum absolute atomic E-state index is 14.3. The van der Waals surface area contributed by atoms with E-state index in [1.807, 2.05) is 15.8 Å². The normalized spacial score (nSPS) is 18.5. The monoisotopic (exact) mass is 786 g/mol. The van der Waals surface area contributed by atoms with Gasteiger partial charge in [0.25, 0.3) is 11.5 Å². The summed E-state index contributed by atoms with van der Waals surface area (Å²) in [4.78, 5) is 49.8. The average molecular weight is 787 g/mol. The highest BCUT2D eigenvalue weighted by Crippen LogP contribution is 2.29. The van der Waals surface area contributed by atoms with Crippen molar-refractivity contribution in [3.8, 4) is 0 Å². The number of pyridine rings is 1. The third-order valence-corrected chi connectivity index (χ3v) is 13.8. The minimum atomic E-state index is -1.18. The van der Waals surface area contributed by atoms with Crippen LogP contribution in [0.25, 0.3) is 21.8 Å². The van der Waals surface area contributed by atoms with E-state index in [2.05, 4.69) is 48.6 Å². The van der Waals surface area contributed by atoms with Gasteiger partial charge in [0.1, 0.15) is 12.5 Å². The molecule has 0 radical (unpaired) electrons. The fraction of sp³-hybridized carbons (Fsp3) is 0.581. The van der Waals surface area contributed by atoms with E-state index in [1.165, 1.54) is 25.3 Å². The maximum Gasteiger partial charge on any atom is 0.410 e. The van der Waals surface area contributed by atoms with E-state index in [4.69, 9.17) is 14.6 Å². The standard InChI is InChI=1S/C43H59FN6O5Si/c1-30-25-31(26-34-28-50(46-39(30)34)29-54-23-24-56(2,3)4)11-12-38(42(52)48-21-15-35(16-22-48)47-17-6-5-7-18-47)55-43(53)49-19-13-32(14-20-49)36-27-33-9-8-10-37(44)40(33)45-41(36)51/h8-10,25-28,32,35,38H,5-7,11-24,29H2,1-4H3,(H,45,51)/q-1/t38-/m1/s1. The summed E-state index contributed by atoms with van der Waals surface area (Å²) in [6.07, 6.45) is 8.32. The van der Waals surface area contributed by atoms with Crippen LogP contribution in [0, 0.1) is 12.7 Å². The molecule has 11 nitrogen and oxygen atoms in total. The Morgan fingerprint density at radius 1 is 0.946 bits per heavy atom. The molecule has 3 aliphatic heterocycles. The Morgan fingerprint density at radius 3 is 2.41 bits per heavy atom. The van der Waals surface area contributed by atoms with Crippen LogP contribution < -0.4 is 5.56 Å². The van der Waals surface area contributed by atoms with Crippen LogP contribution >= 0.6 is 0 Å². The topological polar surface area (TPSA) is 113 Å². The molecule has 1 atom stereocenters. The predicted molar refractivity (Wildman–Crippen MR) is 220 cm³/mol. The summed E-state index contributed by atoms with van der Waals surface area (Å²) in [6, 6.07) is 12.4. The summed E-state index contributed by atoms with van der Waals surface area (Å²) in [5.41, 5.74) is 3.55. The number of ether oxygens (including phenoxy) is 2. The molecule has 2 aromatic heterocycles. The number of nitrogens with zero attached hydrogens (tertiary/aromatic N) is 5. The van der Waals surface area contributed by atoms with Gasteiger partial charge in [0.05, 0.1) is 11.0 Å². The van der Waals surface area contributed by atoms with Gasteiger partial charge in [-0.1, -0.05) is 24.6 Å². The fourth-order valence-electron chi connectivity index (χ4n) is 8.74. The van der Waals surface area contributed by atoms with Crippen molar-refractivity contribution in [2.24, 2.45) is 0 Å². The Bertz CT molecular complexity index is 2060. The number of nitrogens with one attached hydrogen (secondary N) is 1. The molecule has 3 saturated heterocycles. The van der Waals surface area contributed by atoms with Crippen LogP contribution in [0.1, 0.15) is 74.0 Å². The number of fused-ring (bicyclic) bond motifs is 2. The number of piperidine rings is 3. The second kappa shape index (κ2) is 17.6. The Labute approximate surface area is 330 Å². The summed E-state index contributed by atoms with van der Waals surface area (Å²) in [5, 5.41) is 6.45. The summed E-state index contributed by atoms with van der Waals surface area (Å²) in [6.45, 7) is 14.6. The highest BCUT2D eigenvalue weighted by Gasteiger charge is 2.35. The first-order valence-electron chi connectivity index (χ1n) is 20.8. The minimum absolute atomic E-state index is 0.0756. The van der Waals surface area contributed by atoms with Crippen LogP contribution in [0.15, 0.2) is 47.4 Å². The Hall–Kier alpha value is -4.07. The third kappa shape index (κ3) is 9.71. The van der Waals surface area contributed by atoms with Crippen molar-refractivity contribution in [2.45, 2.75) is 115 Å². The fourth-order valence-corrected chi connectivity index (χ4v) is 9.49. The lowest BCUT2D eigenvalue weighted by atomic mass is 9.89. The summed E-state index contributed by atoms with van der Waals surface area (Å²) < 4.78 is 28.3. The molecule has 0 bridgehead atoms. The van der Waals surface area contributed by atoms with Gasteiger partial charge >= 0.3 is 6.09 Å². The lowest BCUT2D eigenvalue weighted by Gasteiger charge is -2.41. The number of hydrogen-bond donors (Lipinski definition) is 1. The summed E-state index contributed by atoms with van der Waals surface area (Å²) in [7, 11) is -1.18. The Balaban J connectivity index is 1.01. The molecular weight excluding hydrogens is 728 g/mol. The number of benzene rings is 2. The van der Waals surface area contributed by atoms with E-state index < -0.39 is 26.1 Å². The van der Waals surface area contributed by atoms with Gasteiger partial charge in [-0.05, 0) is 107 Å². The Morgan fingerprint density at radius 2 is 1.68 bits per heavy atom. The number of aromatic amines is 1. The van der Waals surface area contributed by atoms with Crippen molar-refractivity contribution in [3.05, 3.63) is 75.5 Å². The van der Waals surface area contributed by atoms with Crippen molar-refractivity contribution in [1.29, 1.82) is 0 Å². The first-order valence-corrected chi connectivity index (χ1v) is 24.5. The molecule has 56 heavy (non-hydrogen) atoms. The van der Waals surface area contributed by atoms with Crippen molar-refractivity contribution in [2.75, 3.05) is 45.9 Å². The third-order valence-electron chi connectivity index (χ3n) is 12.1. The highest BCUT2D eigenvalue weighted by atomic mass is 28.3.